The number of nitrogens with one attached hydrogen (secondary N) is 1. The zero-order valence-corrected chi connectivity index (χ0v) is 11.4. The number of aromatic hydroxyl groups is 2. The van der Waals surface area contributed by atoms with E-state index in [1.807, 2.05) is 0 Å². The van der Waals surface area contributed by atoms with E-state index in [-0.39, 0.29) is 17.1 Å². The van der Waals surface area contributed by atoms with E-state index in [4.69, 9.17) is 4.74 Å². The van der Waals surface area contributed by atoms with E-state index >= 15 is 0 Å². The average Bonchev–Trinajstić information content (AvgIpc) is 2.33. The summed E-state index contributed by atoms with van der Waals surface area (Å²) in [7, 11) is 0. The number of halogens is 1. The third-order valence-corrected chi connectivity index (χ3v) is 2.54. The first-order chi connectivity index (χ1) is 8.66. The van der Waals surface area contributed by atoms with Gasteiger partial charge in [0.25, 0.3) is 5.91 Å². The second kappa shape index (κ2) is 7.94. The quantitative estimate of drug-likeness (QED) is 0.527. The molecule has 1 amide bonds. The normalized spacial score (nSPS) is 10.3. The lowest BCUT2D eigenvalue weighted by Crippen LogP contribution is -2.25. The summed E-state index contributed by atoms with van der Waals surface area (Å²) >= 11 is 3.24. The highest BCUT2D eigenvalue weighted by Crippen LogP contribution is 2.25. The first-order valence-electron chi connectivity index (χ1n) is 5.59. The fourth-order valence-corrected chi connectivity index (χ4v) is 1.61. The Balaban J connectivity index is 2.37. The SMILES string of the molecule is O=C(NCCCOCCBr)c1c(O)cccc1O. The Morgan fingerprint density at radius 1 is 1.28 bits per heavy atom. The van der Waals surface area contributed by atoms with E-state index < -0.39 is 5.91 Å². The summed E-state index contributed by atoms with van der Waals surface area (Å²) < 4.78 is 5.22. The number of hydrogen-bond acceptors (Lipinski definition) is 4. The van der Waals surface area contributed by atoms with Crippen LogP contribution in [0.2, 0.25) is 0 Å². The summed E-state index contributed by atoms with van der Waals surface area (Å²) in [6.07, 6.45) is 0.674. The predicted molar refractivity (Wildman–Crippen MR) is 71.3 cm³/mol. The van der Waals surface area contributed by atoms with Crippen LogP contribution in [0.25, 0.3) is 0 Å². The number of phenolic OH excluding ortho intramolecular Hbond substituents is 2. The number of carbonyl (C=O) groups excluding carboxylic acids is 1. The fraction of sp³-hybridized carbons (Fsp3) is 0.417. The maximum atomic E-state index is 11.7. The Morgan fingerprint density at radius 3 is 2.56 bits per heavy atom. The average molecular weight is 318 g/mol. The number of alkyl halides is 1. The monoisotopic (exact) mass is 317 g/mol. The number of ether oxygens (including phenoxy) is 1. The molecule has 3 N–H and O–H groups in total. The summed E-state index contributed by atoms with van der Waals surface area (Å²) in [5.74, 6) is -0.961. The van der Waals surface area contributed by atoms with Crippen LogP contribution in [0.5, 0.6) is 11.5 Å². The van der Waals surface area contributed by atoms with Crippen LogP contribution >= 0.6 is 15.9 Å². The topological polar surface area (TPSA) is 78.8 Å². The molecule has 0 aliphatic carbocycles. The maximum absolute atomic E-state index is 11.7. The van der Waals surface area contributed by atoms with E-state index in [1.165, 1.54) is 18.2 Å². The number of benzene rings is 1. The van der Waals surface area contributed by atoms with Crippen LogP contribution in [0, 0.1) is 0 Å². The zero-order valence-electron chi connectivity index (χ0n) is 9.86. The van der Waals surface area contributed by atoms with Gasteiger partial charge in [-0.05, 0) is 18.6 Å². The summed E-state index contributed by atoms with van der Waals surface area (Å²) in [6, 6.07) is 4.18. The molecule has 0 aromatic heterocycles. The van der Waals surface area contributed by atoms with E-state index in [9.17, 15) is 15.0 Å². The molecule has 0 aliphatic heterocycles. The van der Waals surface area contributed by atoms with Crippen LogP contribution in [0.1, 0.15) is 16.8 Å². The molecule has 0 spiro atoms. The Bertz CT molecular complexity index is 377. The molecule has 5 nitrogen and oxygen atoms in total. The van der Waals surface area contributed by atoms with Crippen molar-refractivity contribution in [3.05, 3.63) is 23.8 Å². The molecule has 1 aromatic rings. The lowest BCUT2D eigenvalue weighted by molar-refractivity contribution is 0.0939. The Morgan fingerprint density at radius 2 is 1.94 bits per heavy atom. The largest absolute Gasteiger partial charge is 0.507 e. The van der Waals surface area contributed by atoms with Crippen LogP contribution in [-0.4, -0.2) is 41.2 Å². The second-order valence-electron chi connectivity index (χ2n) is 3.58. The molecule has 1 aromatic carbocycles. The molecule has 0 saturated heterocycles. The molecule has 0 aliphatic rings. The van der Waals surface area contributed by atoms with Gasteiger partial charge in [-0.3, -0.25) is 4.79 Å². The third kappa shape index (κ3) is 4.54. The van der Waals surface area contributed by atoms with Crippen molar-refractivity contribution >= 4 is 21.8 Å². The Labute approximate surface area is 114 Å². The van der Waals surface area contributed by atoms with Gasteiger partial charge in [0.15, 0.2) is 0 Å². The van der Waals surface area contributed by atoms with Crippen LogP contribution in [0.3, 0.4) is 0 Å². The van der Waals surface area contributed by atoms with Crippen LogP contribution in [-0.2, 0) is 4.74 Å². The highest BCUT2D eigenvalue weighted by atomic mass is 79.9. The van der Waals surface area contributed by atoms with Crippen LogP contribution < -0.4 is 5.32 Å². The van der Waals surface area contributed by atoms with Crippen molar-refractivity contribution < 1.29 is 19.7 Å². The lowest BCUT2D eigenvalue weighted by atomic mass is 10.1. The van der Waals surface area contributed by atoms with Crippen molar-refractivity contribution in [3.63, 3.8) is 0 Å². The molecule has 0 saturated carbocycles. The molecule has 0 fully saturated rings. The van der Waals surface area contributed by atoms with Gasteiger partial charge in [-0.25, -0.2) is 0 Å². The molecule has 100 valence electrons. The third-order valence-electron chi connectivity index (χ3n) is 2.22. The van der Waals surface area contributed by atoms with E-state index in [0.717, 1.165) is 5.33 Å². The van der Waals surface area contributed by atoms with Crippen molar-refractivity contribution in [3.8, 4) is 11.5 Å². The van der Waals surface area contributed by atoms with E-state index in [1.54, 1.807) is 0 Å². The summed E-state index contributed by atoms with van der Waals surface area (Å²) in [6.45, 7) is 1.61. The van der Waals surface area contributed by atoms with Gasteiger partial charge in [-0.1, -0.05) is 22.0 Å². The first-order valence-corrected chi connectivity index (χ1v) is 6.71. The molecule has 18 heavy (non-hydrogen) atoms. The smallest absolute Gasteiger partial charge is 0.258 e. The minimum atomic E-state index is -0.494. The number of phenols is 2. The highest BCUT2D eigenvalue weighted by molar-refractivity contribution is 9.09. The number of carbonyl (C=O) groups is 1. The van der Waals surface area contributed by atoms with E-state index in [2.05, 4.69) is 21.2 Å². The van der Waals surface area contributed by atoms with Crippen molar-refractivity contribution in [2.24, 2.45) is 0 Å². The minimum Gasteiger partial charge on any atom is -0.507 e. The molecule has 6 heteroatoms. The van der Waals surface area contributed by atoms with Crippen molar-refractivity contribution in [1.29, 1.82) is 0 Å². The van der Waals surface area contributed by atoms with Crippen molar-refractivity contribution in [2.75, 3.05) is 25.1 Å². The van der Waals surface area contributed by atoms with Gasteiger partial charge in [-0.15, -0.1) is 0 Å². The van der Waals surface area contributed by atoms with Crippen molar-refractivity contribution in [1.82, 2.24) is 5.32 Å². The summed E-state index contributed by atoms with van der Waals surface area (Å²) in [4.78, 5) is 11.7. The zero-order chi connectivity index (χ0) is 13.4. The molecule has 0 atom stereocenters. The van der Waals surface area contributed by atoms with Crippen LogP contribution in [0.15, 0.2) is 18.2 Å². The molecular weight excluding hydrogens is 302 g/mol. The Kier molecular flexibility index (Phi) is 6.53. The molecule has 0 bridgehead atoms. The molecule has 0 unspecified atom stereocenters. The van der Waals surface area contributed by atoms with Gasteiger partial charge >= 0.3 is 0 Å². The molecule has 0 heterocycles. The number of rotatable bonds is 7. The van der Waals surface area contributed by atoms with Crippen molar-refractivity contribution in [2.45, 2.75) is 6.42 Å². The van der Waals surface area contributed by atoms with Gasteiger partial charge in [0.1, 0.15) is 17.1 Å². The highest BCUT2D eigenvalue weighted by Gasteiger charge is 2.14. The number of hydrogen-bond donors (Lipinski definition) is 3. The first kappa shape index (κ1) is 14.8. The van der Waals surface area contributed by atoms with E-state index in [0.29, 0.717) is 26.2 Å². The van der Waals surface area contributed by atoms with Gasteiger partial charge in [0.05, 0.1) is 6.61 Å². The fourth-order valence-electron chi connectivity index (χ4n) is 1.38. The van der Waals surface area contributed by atoms with Gasteiger partial charge in [0.2, 0.25) is 0 Å². The van der Waals surface area contributed by atoms with Gasteiger partial charge in [-0.2, -0.15) is 0 Å². The minimum absolute atomic E-state index is 0.0983. The standard InChI is InChI=1S/C12H16BrNO4/c13-5-8-18-7-2-6-14-12(17)11-9(15)3-1-4-10(11)16/h1,3-4,15-16H,2,5-8H2,(H,14,17). The number of amides is 1. The predicted octanol–water partition coefficient (Wildman–Crippen LogP) is 1.63. The second-order valence-corrected chi connectivity index (χ2v) is 4.38. The van der Waals surface area contributed by atoms with Crippen LogP contribution in [0.4, 0.5) is 0 Å². The molecule has 0 radical (unpaired) electrons. The maximum Gasteiger partial charge on any atom is 0.258 e. The molecule has 1 rings (SSSR count). The molecular formula is C12H16BrNO4. The Hall–Kier alpha value is -1.27. The van der Waals surface area contributed by atoms with Gasteiger partial charge < -0.3 is 20.3 Å². The summed E-state index contributed by atoms with van der Waals surface area (Å²) in [5, 5.41) is 22.4. The lowest BCUT2D eigenvalue weighted by Gasteiger charge is -2.08. The summed E-state index contributed by atoms with van der Waals surface area (Å²) in [5.41, 5.74) is -0.0983. The van der Waals surface area contributed by atoms with Gasteiger partial charge in [0, 0.05) is 18.5 Å².